The van der Waals surface area contributed by atoms with E-state index in [4.69, 9.17) is 14.6 Å². The minimum Gasteiger partial charge on any atom is -0.494 e. The molecule has 2 N–H and O–H groups in total. The predicted octanol–water partition coefficient (Wildman–Crippen LogP) is 0.121. The minimum absolute atomic E-state index is 0.0229. The smallest absolute Gasteiger partial charge is 0.240 e. The van der Waals surface area contributed by atoms with E-state index < -0.39 is 15.8 Å². The highest BCUT2D eigenvalue weighted by atomic mass is 32.2. The van der Waals surface area contributed by atoms with Crippen LogP contribution in [0.2, 0.25) is 0 Å². The van der Waals surface area contributed by atoms with Crippen molar-refractivity contribution in [1.82, 2.24) is 4.72 Å². The van der Waals surface area contributed by atoms with E-state index >= 15 is 0 Å². The lowest BCUT2D eigenvalue weighted by molar-refractivity contribution is 0.0961. The standard InChI is InChI=1S/C11H16FNO5S/c1-17-11-3-2-9(8-10(11)12)19(15,16)13-4-6-18-7-5-14/h2-3,8,13-14H,4-7H2,1H3. The summed E-state index contributed by atoms with van der Waals surface area (Å²) >= 11 is 0. The third-order valence-electron chi connectivity index (χ3n) is 2.21. The zero-order valence-electron chi connectivity index (χ0n) is 10.4. The number of rotatable bonds is 8. The van der Waals surface area contributed by atoms with Gasteiger partial charge in [-0.25, -0.2) is 17.5 Å². The topological polar surface area (TPSA) is 84.9 Å². The van der Waals surface area contributed by atoms with Crippen molar-refractivity contribution in [3.05, 3.63) is 24.0 Å². The van der Waals surface area contributed by atoms with Crippen molar-refractivity contribution < 1.29 is 27.4 Å². The summed E-state index contributed by atoms with van der Waals surface area (Å²) in [6, 6.07) is 3.38. The Morgan fingerprint density at radius 1 is 1.37 bits per heavy atom. The Hall–Kier alpha value is -1.22. The predicted molar refractivity (Wildman–Crippen MR) is 66.0 cm³/mol. The summed E-state index contributed by atoms with van der Waals surface area (Å²) < 4.78 is 48.9. The number of benzene rings is 1. The van der Waals surface area contributed by atoms with Gasteiger partial charge < -0.3 is 14.6 Å². The third kappa shape index (κ3) is 4.75. The molecule has 19 heavy (non-hydrogen) atoms. The number of aliphatic hydroxyl groups is 1. The van der Waals surface area contributed by atoms with Crippen LogP contribution >= 0.6 is 0 Å². The first-order valence-electron chi connectivity index (χ1n) is 5.53. The van der Waals surface area contributed by atoms with Crippen molar-refractivity contribution in [2.75, 3.05) is 33.5 Å². The summed E-state index contributed by atoms with van der Waals surface area (Å²) in [4.78, 5) is -0.187. The van der Waals surface area contributed by atoms with Gasteiger partial charge in [0.15, 0.2) is 11.6 Å². The second-order valence-corrected chi connectivity index (χ2v) is 5.30. The third-order valence-corrected chi connectivity index (χ3v) is 3.67. The van der Waals surface area contributed by atoms with Crippen LogP contribution in [0.25, 0.3) is 0 Å². The van der Waals surface area contributed by atoms with Gasteiger partial charge in [-0.1, -0.05) is 0 Å². The molecule has 0 atom stereocenters. The first-order chi connectivity index (χ1) is 9.01. The molecule has 0 spiro atoms. The fourth-order valence-corrected chi connectivity index (χ4v) is 2.34. The number of methoxy groups -OCH3 is 1. The maximum absolute atomic E-state index is 13.4. The summed E-state index contributed by atoms with van der Waals surface area (Å²) in [6.07, 6.45) is 0. The van der Waals surface area contributed by atoms with Crippen molar-refractivity contribution in [2.45, 2.75) is 4.90 Å². The fraction of sp³-hybridized carbons (Fsp3) is 0.455. The Kier molecular flexibility index (Phi) is 6.16. The van der Waals surface area contributed by atoms with Crippen LogP contribution in [-0.2, 0) is 14.8 Å². The average Bonchev–Trinajstić information content (AvgIpc) is 2.38. The zero-order valence-corrected chi connectivity index (χ0v) is 11.2. The number of halogens is 1. The Bertz CT molecular complexity index is 506. The van der Waals surface area contributed by atoms with E-state index in [1.165, 1.54) is 19.2 Å². The van der Waals surface area contributed by atoms with Crippen LogP contribution in [0.5, 0.6) is 5.75 Å². The Morgan fingerprint density at radius 2 is 2.11 bits per heavy atom. The Balaban J connectivity index is 2.64. The van der Waals surface area contributed by atoms with Crippen LogP contribution in [-0.4, -0.2) is 47.0 Å². The second-order valence-electron chi connectivity index (χ2n) is 3.53. The molecule has 0 radical (unpaired) electrons. The lowest BCUT2D eigenvalue weighted by atomic mass is 10.3. The molecule has 0 unspecified atom stereocenters. The van der Waals surface area contributed by atoms with Crippen LogP contribution in [0.15, 0.2) is 23.1 Å². The van der Waals surface area contributed by atoms with E-state index in [0.29, 0.717) is 0 Å². The van der Waals surface area contributed by atoms with Crippen LogP contribution in [0.1, 0.15) is 0 Å². The van der Waals surface area contributed by atoms with Crippen molar-refractivity contribution >= 4 is 10.0 Å². The quantitative estimate of drug-likeness (QED) is 0.665. The molecule has 0 saturated heterocycles. The molecule has 1 aromatic carbocycles. The summed E-state index contributed by atoms with van der Waals surface area (Å²) in [5, 5.41) is 8.47. The van der Waals surface area contributed by atoms with E-state index in [1.54, 1.807) is 0 Å². The Morgan fingerprint density at radius 3 is 2.68 bits per heavy atom. The molecule has 0 aromatic heterocycles. The lowest BCUT2D eigenvalue weighted by Crippen LogP contribution is -2.27. The van der Waals surface area contributed by atoms with Gasteiger partial charge in [0.2, 0.25) is 10.0 Å². The SMILES string of the molecule is COc1ccc(S(=O)(=O)NCCOCCO)cc1F. The van der Waals surface area contributed by atoms with Gasteiger partial charge in [-0.15, -0.1) is 0 Å². The van der Waals surface area contributed by atoms with Crippen LogP contribution in [0.4, 0.5) is 4.39 Å². The zero-order chi connectivity index (χ0) is 14.3. The van der Waals surface area contributed by atoms with Gasteiger partial charge >= 0.3 is 0 Å². The van der Waals surface area contributed by atoms with Gasteiger partial charge in [-0.3, -0.25) is 0 Å². The number of ether oxygens (including phenoxy) is 2. The van der Waals surface area contributed by atoms with Crippen LogP contribution < -0.4 is 9.46 Å². The van der Waals surface area contributed by atoms with Gasteiger partial charge in [-0.2, -0.15) is 0 Å². The second kappa shape index (κ2) is 7.39. The highest BCUT2D eigenvalue weighted by Crippen LogP contribution is 2.20. The summed E-state index contributed by atoms with van der Waals surface area (Å²) in [5.74, 6) is -0.771. The minimum atomic E-state index is -3.78. The van der Waals surface area contributed by atoms with Crippen molar-refractivity contribution in [3.8, 4) is 5.75 Å². The summed E-state index contributed by atoms with van der Waals surface area (Å²) in [6.45, 7) is 0.170. The molecule has 0 aliphatic heterocycles. The molecule has 6 nitrogen and oxygen atoms in total. The van der Waals surface area contributed by atoms with Gasteiger partial charge in [0, 0.05) is 6.54 Å². The lowest BCUT2D eigenvalue weighted by Gasteiger charge is -2.08. The van der Waals surface area contributed by atoms with E-state index in [0.717, 1.165) is 6.07 Å². The molecule has 1 aromatic rings. The monoisotopic (exact) mass is 293 g/mol. The van der Waals surface area contributed by atoms with E-state index in [2.05, 4.69) is 4.72 Å². The van der Waals surface area contributed by atoms with Gasteiger partial charge in [0.1, 0.15) is 0 Å². The van der Waals surface area contributed by atoms with Gasteiger partial charge in [0.05, 0.1) is 31.8 Å². The number of sulfonamides is 1. The molecular weight excluding hydrogens is 277 g/mol. The molecule has 0 aliphatic rings. The molecular formula is C11H16FNO5S. The fourth-order valence-electron chi connectivity index (χ4n) is 1.31. The Labute approximate surface area is 111 Å². The molecule has 0 saturated carbocycles. The normalized spacial score (nSPS) is 11.5. The van der Waals surface area contributed by atoms with E-state index in [-0.39, 0.29) is 37.0 Å². The largest absolute Gasteiger partial charge is 0.494 e. The highest BCUT2D eigenvalue weighted by molar-refractivity contribution is 7.89. The first kappa shape index (κ1) is 15.8. The number of hydrogen-bond donors (Lipinski definition) is 2. The molecule has 108 valence electrons. The number of nitrogens with one attached hydrogen (secondary N) is 1. The van der Waals surface area contributed by atoms with E-state index in [9.17, 15) is 12.8 Å². The molecule has 0 amide bonds. The van der Waals surface area contributed by atoms with Crippen molar-refractivity contribution in [3.63, 3.8) is 0 Å². The van der Waals surface area contributed by atoms with Crippen LogP contribution in [0, 0.1) is 5.82 Å². The highest BCUT2D eigenvalue weighted by Gasteiger charge is 2.15. The number of aliphatic hydroxyl groups excluding tert-OH is 1. The first-order valence-corrected chi connectivity index (χ1v) is 7.01. The molecule has 0 bridgehead atoms. The molecule has 0 fully saturated rings. The van der Waals surface area contributed by atoms with E-state index in [1.807, 2.05) is 0 Å². The average molecular weight is 293 g/mol. The van der Waals surface area contributed by atoms with Crippen molar-refractivity contribution in [1.29, 1.82) is 0 Å². The molecule has 1 rings (SSSR count). The molecule has 0 heterocycles. The van der Waals surface area contributed by atoms with Gasteiger partial charge in [0.25, 0.3) is 0 Å². The van der Waals surface area contributed by atoms with Crippen molar-refractivity contribution in [2.24, 2.45) is 0 Å². The molecule has 0 aliphatic carbocycles. The van der Waals surface area contributed by atoms with Crippen LogP contribution in [0.3, 0.4) is 0 Å². The van der Waals surface area contributed by atoms with Gasteiger partial charge in [-0.05, 0) is 18.2 Å². The molecule has 8 heteroatoms. The number of hydrogen-bond acceptors (Lipinski definition) is 5. The maximum atomic E-state index is 13.4. The maximum Gasteiger partial charge on any atom is 0.240 e. The summed E-state index contributed by atoms with van der Waals surface area (Å²) in [7, 11) is -2.49. The summed E-state index contributed by atoms with van der Waals surface area (Å²) in [5.41, 5.74) is 0.